The van der Waals surface area contributed by atoms with E-state index in [2.05, 4.69) is 10.6 Å². The van der Waals surface area contributed by atoms with Gasteiger partial charge in [0.05, 0.1) is 36.1 Å². The van der Waals surface area contributed by atoms with E-state index in [0.717, 1.165) is 0 Å². The van der Waals surface area contributed by atoms with E-state index >= 15 is 0 Å². The van der Waals surface area contributed by atoms with Crippen LogP contribution in [0.4, 0.5) is 21.6 Å². The summed E-state index contributed by atoms with van der Waals surface area (Å²) in [5.74, 6) is -0.436. The summed E-state index contributed by atoms with van der Waals surface area (Å²) in [5, 5.41) is 15.9. The van der Waals surface area contributed by atoms with Gasteiger partial charge in [-0.25, -0.2) is 9.18 Å². The SMILES string of the molecule is Cc1c(=O)n(C)c(Nc2ccc(I)cc2F)c2c(=O)n(C3CC3)c(=O)n(-c3cccc(N[C@H]4CO[C@@H]4CO)c3)c12. The Hall–Kier alpha value is -3.49. The molecule has 1 aliphatic heterocycles. The summed E-state index contributed by atoms with van der Waals surface area (Å²) in [4.78, 5) is 41.4. The lowest BCUT2D eigenvalue weighted by atomic mass is 10.1. The Morgan fingerprint density at radius 3 is 2.55 bits per heavy atom. The van der Waals surface area contributed by atoms with E-state index < -0.39 is 22.6 Å². The smallest absolute Gasteiger partial charge is 0.336 e. The van der Waals surface area contributed by atoms with Crippen LogP contribution in [0.2, 0.25) is 0 Å². The minimum Gasteiger partial charge on any atom is -0.394 e. The fraction of sp³-hybridized carbons (Fsp3) is 0.321. The molecule has 6 rings (SSSR count). The van der Waals surface area contributed by atoms with Crippen molar-refractivity contribution in [3.63, 3.8) is 0 Å². The van der Waals surface area contributed by atoms with Gasteiger partial charge >= 0.3 is 5.69 Å². The van der Waals surface area contributed by atoms with Gasteiger partial charge in [0.15, 0.2) is 0 Å². The van der Waals surface area contributed by atoms with Crippen molar-refractivity contribution >= 4 is 50.7 Å². The molecule has 1 aliphatic carbocycles. The van der Waals surface area contributed by atoms with Crippen LogP contribution in [-0.4, -0.2) is 44.2 Å². The average Bonchev–Trinajstić information content (AvgIpc) is 3.75. The molecule has 12 heteroatoms. The number of aromatic nitrogens is 3. The summed E-state index contributed by atoms with van der Waals surface area (Å²) in [7, 11) is 1.51. The van der Waals surface area contributed by atoms with Gasteiger partial charge in [-0.2, -0.15) is 0 Å². The maximum Gasteiger partial charge on any atom is 0.336 e. The molecule has 0 amide bonds. The predicted molar refractivity (Wildman–Crippen MR) is 159 cm³/mol. The first kappa shape index (κ1) is 26.7. The monoisotopic (exact) mass is 659 g/mol. The third kappa shape index (κ3) is 4.43. The molecule has 10 nitrogen and oxygen atoms in total. The highest BCUT2D eigenvalue weighted by molar-refractivity contribution is 14.1. The van der Waals surface area contributed by atoms with Gasteiger partial charge in [0.1, 0.15) is 23.1 Å². The fourth-order valence-electron chi connectivity index (χ4n) is 5.17. The summed E-state index contributed by atoms with van der Waals surface area (Å²) < 4.78 is 24.9. The maximum absolute atomic E-state index is 14.9. The zero-order chi connectivity index (χ0) is 28.3. The number of halogens is 2. The van der Waals surface area contributed by atoms with Crippen LogP contribution in [0.1, 0.15) is 24.4 Å². The molecule has 1 saturated heterocycles. The summed E-state index contributed by atoms with van der Waals surface area (Å²) in [6.07, 6.45) is 1.04. The number of aryl methyl sites for hydroxylation is 1. The van der Waals surface area contributed by atoms with Crippen molar-refractivity contribution < 1.29 is 14.2 Å². The average molecular weight is 659 g/mol. The zero-order valence-electron chi connectivity index (χ0n) is 21.8. The lowest BCUT2D eigenvalue weighted by Gasteiger charge is -2.36. The van der Waals surface area contributed by atoms with Crippen molar-refractivity contribution in [1.82, 2.24) is 13.7 Å². The van der Waals surface area contributed by atoms with Crippen LogP contribution in [-0.2, 0) is 11.8 Å². The second-order valence-corrected chi connectivity index (χ2v) is 11.4. The molecule has 0 unspecified atom stereocenters. The van der Waals surface area contributed by atoms with Gasteiger partial charge in [0.25, 0.3) is 11.1 Å². The zero-order valence-corrected chi connectivity index (χ0v) is 23.9. The fourth-order valence-corrected chi connectivity index (χ4v) is 5.62. The van der Waals surface area contributed by atoms with Gasteiger partial charge in [-0.05, 0) is 78.8 Å². The van der Waals surface area contributed by atoms with Crippen LogP contribution in [0.25, 0.3) is 16.6 Å². The van der Waals surface area contributed by atoms with Gasteiger partial charge in [-0.15, -0.1) is 0 Å². The Bertz CT molecular complexity index is 1840. The van der Waals surface area contributed by atoms with Crippen molar-refractivity contribution in [3.05, 3.63) is 88.6 Å². The van der Waals surface area contributed by atoms with E-state index in [-0.39, 0.29) is 52.8 Å². The number of anilines is 3. The molecule has 0 bridgehead atoms. The first-order chi connectivity index (χ1) is 19.2. The van der Waals surface area contributed by atoms with Gasteiger partial charge in [-0.1, -0.05) is 6.07 Å². The van der Waals surface area contributed by atoms with Crippen LogP contribution in [0.3, 0.4) is 0 Å². The number of fused-ring (bicyclic) bond motifs is 1. The number of nitrogens with zero attached hydrogens (tertiary/aromatic N) is 3. The summed E-state index contributed by atoms with van der Waals surface area (Å²) in [6.45, 7) is 1.90. The van der Waals surface area contributed by atoms with Crippen LogP contribution in [0.15, 0.2) is 56.8 Å². The number of pyridine rings is 1. The Kier molecular flexibility index (Phi) is 6.79. The quantitative estimate of drug-likeness (QED) is 0.261. The van der Waals surface area contributed by atoms with Crippen molar-refractivity contribution in [2.24, 2.45) is 7.05 Å². The Morgan fingerprint density at radius 1 is 1.12 bits per heavy atom. The molecule has 2 aromatic heterocycles. The summed E-state index contributed by atoms with van der Waals surface area (Å²) in [6, 6.07) is 11.4. The van der Waals surface area contributed by atoms with Crippen LogP contribution >= 0.6 is 22.6 Å². The van der Waals surface area contributed by atoms with E-state index in [1.165, 1.54) is 26.8 Å². The molecule has 0 radical (unpaired) electrons. The highest BCUT2D eigenvalue weighted by atomic mass is 127. The number of rotatable bonds is 7. The number of hydrogen-bond donors (Lipinski definition) is 3. The molecular formula is C28H27FIN5O5. The maximum atomic E-state index is 14.9. The third-order valence-corrected chi connectivity index (χ3v) is 8.19. The number of benzene rings is 2. The molecule has 4 aromatic rings. The van der Waals surface area contributed by atoms with E-state index in [9.17, 15) is 23.9 Å². The van der Waals surface area contributed by atoms with Crippen LogP contribution < -0.4 is 27.4 Å². The van der Waals surface area contributed by atoms with Crippen molar-refractivity contribution in [3.8, 4) is 5.69 Å². The minimum atomic E-state index is -0.542. The first-order valence-electron chi connectivity index (χ1n) is 12.9. The van der Waals surface area contributed by atoms with Crippen molar-refractivity contribution in [1.29, 1.82) is 0 Å². The largest absolute Gasteiger partial charge is 0.394 e. The molecule has 3 heterocycles. The van der Waals surface area contributed by atoms with Crippen molar-refractivity contribution in [2.75, 3.05) is 23.8 Å². The highest BCUT2D eigenvalue weighted by Crippen LogP contribution is 2.34. The van der Waals surface area contributed by atoms with E-state index in [1.807, 2.05) is 28.7 Å². The Morgan fingerprint density at radius 2 is 1.90 bits per heavy atom. The molecule has 2 fully saturated rings. The first-order valence-corrected chi connectivity index (χ1v) is 14.0. The molecular weight excluding hydrogens is 632 g/mol. The molecule has 208 valence electrons. The lowest BCUT2D eigenvalue weighted by Crippen LogP contribution is -2.52. The van der Waals surface area contributed by atoms with E-state index in [4.69, 9.17) is 4.74 Å². The molecule has 1 saturated carbocycles. The van der Waals surface area contributed by atoms with Crippen LogP contribution in [0, 0.1) is 16.3 Å². The molecule has 2 aliphatic rings. The van der Waals surface area contributed by atoms with E-state index in [1.54, 1.807) is 37.3 Å². The van der Waals surface area contributed by atoms with Gasteiger partial charge < -0.3 is 20.5 Å². The van der Waals surface area contributed by atoms with Gasteiger partial charge in [0.2, 0.25) is 0 Å². The minimum absolute atomic E-state index is 0.0946. The number of ether oxygens (including phenoxy) is 1. The Balaban J connectivity index is 1.62. The van der Waals surface area contributed by atoms with Gasteiger partial charge in [-0.3, -0.25) is 23.3 Å². The second-order valence-electron chi connectivity index (χ2n) is 10.2. The predicted octanol–water partition coefficient (Wildman–Crippen LogP) is 3.15. The van der Waals surface area contributed by atoms with Crippen LogP contribution in [0.5, 0.6) is 0 Å². The molecule has 0 spiro atoms. The standard InChI is InChI=1S/C28H27FIN5O5/c1-14-24-23(25(33(2)26(14)37)32-20-9-6-15(30)10-19(20)29)27(38)35(17-7-8-17)28(39)34(24)18-5-3-4-16(11-18)31-21-13-40-22(21)12-36/h3-6,9-11,17,21-22,31-32,36H,7-8,12-13H2,1-2H3/t21-,22+/m0/s1. The van der Waals surface area contributed by atoms with Crippen molar-refractivity contribution in [2.45, 2.75) is 38.0 Å². The number of nitrogens with one attached hydrogen (secondary N) is 2. The summed E-state index contributed by atoms with van der Waals surface area (Å²) in [5.41, 5.74) is 0.132. The third-order valence-electron chi connectivity index (χ3n) is 7.51. The second kappa shape index (κ2) is 10.2. The topological polar surface area (TPSA) is 120 Å². The number of hydrogen-bond acceptors (Lipinski definition) is 7. The highest BCUT2D eigenvalue weighted by Gasteiger charge is 2.33. The molecule has 40 heavy (non-hydrogen) atoms. The molecule has 2 atom stereocenters. The number of aliphatic hydroxyl groups is 1. The normalized spacial score (nSPS) is 18.5. The van der Waals surface area contributed by atoms with Gasteiger partial charge in [0, 0.05) is 27.9 Å². The molecule has 3 N–H and O–H groups in total. The summed E-state index contributed by atoms with van der Waals surface area (Å²) >= 11 is 2.00. The Labute approximate surface area is 241 Å². The number of aliphatic hydroxyl groups excluding tert-OH is 1. The molecule has 2 aromatic carbocycles. The lowest BCUT2D eigenvalue weighted by molar-refractivity contribution is -0.0895. The van der Waals surface area contributed by atoms with E-state index in [0.29, 0.717) is 34.4 Å².